The Labute approximate surface area is 135 Å². The zero-order valence-corrected chi connectivity index (χ0v) is 13.7. The molecule has 0 bridgehead atoms. The maximum atomic E-state index is 12.1. The van der Waals surface area contributed by atoms with E-state index >= 15 is 0 Å². The molecule has 1 amide bonds. The second-order valence-corrected chi connectivity index (χ2v) is 6.73. The zero-order valence-electron chi connectivity index (χ0n) is 11.3. The molecule has 3 aromatic rings. The maximum Gasteiger partial charge on any atom is 0.224 e. The van der Waals surface area contributed by atoms with Crippen LogP contribution in [-0.2, 0) is 17.8 Å². The number of fused-ring (bicyclic) bond motifs is 1. The van der Waals surface area contributed by atoms with Crippen LogP contribution in [0.15, 0.2) is 58.4 Å². The number of thiophene rings is 1. The summed E-state index contributed by atoms with van der Waals surface area (Å²) in [6.07, 6.45) is 0.411. The van der Waals surface area contributed by atoms with Gasteiger partial charge in [-0.1, -0.05) is 42.5 Å². The fourth-order valence-electron chi connectivity index (χ4n) is 2.31. The van der Waals surface area contributed by atoms with Crippen LogP contribution < -0.4 is 5.32 Å². The van der Waals surface area contributed by atoms with Crippen LogP contribution in [-0.4, -0.2) is 5.91 Å². The van der Waals surface area contributed by atoms with Gasteiger partial charge in [0.05, 0.1) is 13.0 Å². The van der Waals surface area contributed by atoms with Gasteiger partial charge in [-0.3, -0.25) is 4.79 Å². The highest BCUT2D eigenvalue weighted by atomic mass is 79.9. The van der Waals surface area contributed by atoms with E-state index in [0.717, 1.165) is 20.3 Å². The molecule has 0 fully saturated rings. The zero-order chi connectivity index (χ0) is 14.7. The summed E-state index contributed by atoms with van der Waals surface area (Å²) in [5, 5.41) is 7.31. The number of carbonyl (C=O) groups excluding carboxylic acids is 1. The SMILES string of the molecule is O=C(Cc1cccc2ccccc12)NCc1cc(Br)cs1. The van der Waals surface area contributed by atoms with Crippen molar-refractivity contribution in [2.75, 3.05) is 0 Å². The van der Waals surface area contributed by atoms with Crippen molar-refractivity contribution in [2.24, 2.45) is 0 Å². The summed E-state index contributed by atoms with van der Waals surface area (Å²) < 4.78 is 1.06. The van der Waals surface area contributed by atoms with Crippen LogP contribution in [0.3, 0.4) is 0 Å². The molecule has 0 saturated carbocycles. The molecule has 3 rings (SSSR count). The molecule has 0 atom stereocenters. The van der Waals surface area contributed by atoms with E-state index in [2.05, 4.69) is 39.4 Å². The lowest BCUT2D eigenvalue weighted by Crippen LogP contribution is -2.24. The van der Waals surface area contributed by atoms with E-state index in [1.807, 2.05) is 35.7 Å². The first-order valence-corrected chi connectivity index (χ1v) is 8.36. The Morgan fingerprint density at radius 3 is 2.76 bits per heavy atom. The molecule has 2 aromatic carbocycles. The van der Waals surface area contributed by atoms with Crippen molar-refractivity contribution >= 4 is 43.9 Å². The van der Waals surface area contributed by atoms with Gasteiger partial charge in [0.25, 0.3) is 0 Å². The van der Waals surface area contributed by atoms with Crippen LogP contribution in [0.4, 0.5) is 0 Å². The van der Waals surface area contributed by atoms with Crippen molar-refractivity contribution < 1.29 is 4.79 Å². The van der Waals surface area contributed by atoms with E-state index in [0.29, 0.717) is 13.0 Å². The molecule has 0 saturated heterocycles. The van der Waals surface area contributed by atoms with Crippen LogP contribution in [0.1, 0.15) is 10.4 Å². The van der Waals surface area contributed by atoms with Gasteiger partial charge in [-0.2, -0.15) is 0 Å². The number of halogens is 1. The molecule has 0 unspecified atom stereocenters. The largest absolute Gasteiger partial charge is 0.351 e. The predicted molar refractivity (Wildman–Crippen MR) is 91.5 cm³/mol. The first-order valence-electron chi connectivity index (χ1n) is 6.68. The second kappa shape index (κ2) is 6.41. The van der Waals surface area contributed by atoms with Crippen molar-refractivity contribution in [1.82, 2.24) is 5.32 Å². The third-order valence-corrected chi connectivity index (χ3v) is 5.01. The van der Waals surface area contributed by atoms with E-state index in [4.69, 9.17) is 0 Å². The fraction of sp³-hybridized carbons (Fsp3) is 0.118. The molecular weight excluding hydrogens is 346 g/mol. The minimum atomic E-state index is 0.0517. The van der Waals surface area contributed by atoms with E-state index in [1.54, 1.807) is 11.3 Å². The number of amides is 1. The maximum absolute atomic E-state index is 12.1. The Morgan fingerprint density at radius 1 is 1.14 bits per heavy atom. The van der Waals surface area contributed by atoms with E-state index in [-0.39, 0.29) is 5.91 Å². The van der Waals surface area contributed by atoms with Crippen LogP contribution in [0.2, 0.25) is 0 Å². The van der Waals surface area contributed by atoms with Crippen LogP contribution in [0.25, 0.3) is 10.8 Å². The predicted octanol–water partition coefficient (Wildman–Crippen LogP) is 4.52. The van der Waals surface area contributed by atoms with Gasteiger partial charge in [0, 0.05) is 14.7 Å². The van der Waals surface area contributed by atoms with Gasteiger partial charge in [0.2, 0.25) is 5.91 Å². The Bertz CT molecular complexity index is 776. The summed E-state index contributed by atoms with van der Waals surface area (Å²) in [6, 6.07) is 16.3. The van der Waals surface area contributed by atoms with Gasteiger partial charge in [-0.15, -0.1) is 11.3 Å². The minimum absolute atomic E-state index is 0.0517. The van der Waals surface area contributed by atoms with E-state index in [1.165, 1.54) is 5.39 Å². The van der Waals surface area contributed by atoms with Crippen LogP contribution >= 0.6 is 27.3 Å². The summed E-state index contributed by atoms with van der Waals surface area (Å²) in [5.74, 6) is 0.0517. The quantitative estimate of drug-likeness (QED) is 0.728. The lowest BCUT2D eigenvalue weighted by atomic mass is 10.0. The molecule has 4 heteroatoms. The molecule has 0 radical (unpaired) electrons. The molecule has 0 spiro atoms. The van der Waals surface area contributed by atoms with Crippen molar-refractivity contribution in [1.29, 1.82) is 0 Å². The van der Waals surface area contributed by atoms with Crippen molar-refractivity contribution in [3.63, 3.8) is 0 Å². The Hall–Kier alpha value is -1.65. The number of rotatable bonds is 4. The summed E-state index contributed by atoms with van der Waals surface area (Å²) >= 11 is 5.06. The lowest BCUT2D eigenvalue weighted by molar-refractivity contribution is -0.120. The third kappa shape index (κ3) is 3.52. The van der Waals surface area contributed by atoms with Gasteiger partial charge in [-0.25, -0.2) is 0 Å². The third-order valence-electron chi connectivity index (χ3n) is 3.31. The number of nitrogens with one attached hydrogen (secondary N) is 1. The van der Waals surface area contributed by atoms with E-state index < -0.39 is 0 Å². The van der Waals surface area contributed by atoms with Crippen molar-refractivity contribution in [3.05, 3.63) is 68.8 Å². The topological polar surface area (TPSA) is 29.1 Å². The Balaban J connectivity index is 1.69. The molecular formula is C17H14BrNOS. The van der Waals surface area contributed by atoms with Gasteiger partial charge in [0.15, 0.2) is 0 Å². The number of carbonyl (C=O) groups is 1. The highest BCUT2D eigenvalue weighted by Gasteiger charge is 2.07. The molecule has 2 nitrogen and oxygen atoms in total. The van der Waals surface area contributed by atoms with Crippen molar-refractivity contribution in [3.8, 4) is 0 Å². The van der Waals surface area contributed by atoms with Gasteiger partial charge in [-0.05, 0) is 38.3 Å². The lowest BCUT2D eigenvalue weighted by Gasteiger charge is -2.07. The highest BCUT2D eigenvalue weighted by molar-refractivity contribution is 9.10. The summed E-state index contributed by atoms with van der Waals surface area (Å²) in [4.78, 5) is 13.3. The monoisotopic (exact) mass is 359 g/mol. The van der Waals surface area contributed by atoms with Crippen LogP contribution in [0, 0.1) is 0 Å². The first-order chi connectivity index (χ1) is 10.2. The molecule has 0 aliphatic rings. The molecule has 1 N–H and O–H groups in total. The smallest absolute Gasteiger partial charge is 0.224 e. The molecule has 21 heavy (non-hydrogen) atoms. The average Bonchev–Trinajstić information content (AvgIpc) is 2.91. The Kier molecular flexibility index (Phi) is 4.36. The molecule has 1 heterocycles. The summed E-state index contributed by atoms with van der Waals surface area (Å²) in [6.45, 7) is 0.583. The highest BCUT2D eigenvalue weighted by Crippen LogP contribution is 2.20. The Morgan fingerprint density at radius 2 is 1.95 bits per heavy atom. The number of benzene rings is 2. The first kappa shape index (κ1) is 14.3. The van der Waals surface area contributed by atoms with Crippen LogP contribution in [0.5, 0.6) is 0 Å². The minimum Gasteiger partial charge on any atom is -0.351 e. The number of hydrogen-bond acceptors (Lipinski definition) is 2. The molecule has 0 aliphatic heterocycles. The summed E-state index contributed by atoms with van der Waals surface area (Å²) in [5.41, 5.74) is 1.07. The molecule has 0 aliphatic carbocycles. The van der Waals surface area contributed by atoms with Gasteiger partial charge >= 0.3 is 0 Å². The fourth-order valence-corrected chi connectivity index (χ4v) is 3.71. The summed E-state index contributed by atoms with van der Waals surface area (Å²) in [7, 11) is 0. The van der Waals surface area contributed by atoms with Crippen molar-refractivity contribution in [2.45, 2.75) is 13.0 Å². The van der Waals surface area contributed by atoms with E-state index in [9.17, 15) is 4.79 Å². The number of hydrogen-bond donors (Lipinski definition) is 1. The van der Waals surface area contributed by atoms with Gasteiger partial charge in [0.1, 0.15) is 0 Å². The standard InChI is InChI=1S/C17H14BrNOS/c18-14-9-15(21-11-14)10-19-17(20)8-13-6-3-5-12-4-1-2-7-16(12)13/h1-7,9,11H,8,10H2,(H,19,20). The average molecular weight is 360 g/mol. The van der Waals surface area contributed by atoms with Gasteiger partial charge < -0.3 is 5.32 Å². The normalized spacial score (nSPS) is 10.7. The molecule has 106 valence electrons. The second-order valence-electron chi connectivity index (χ2n) is 4.82. The molecule has 1 aromatic heterocycles.